The average molecular weight is 370 g/mol. The molecule has 27 heavy (non-hydrogen) atoms. The van der Waals surface area contributed by atoms with Gasteiger partial charge in [0.05, 0.1) is 18.2 Å². The summed E-state index contributed by atoms with van der Waals surface area (Å²) in [5.41, 5.74) is 1.88. The zero-order valence-corrected chi connectivity index (χ0v) is 15.5. The van der Waals surface area contributed by atoms with Crippen LogP contribution in [-0.2, 0) is 16.0 Å². The van der Waals surface area contributed by atoms with Crippen molar-refractivity contribution in [1.29, 1.82) is 0 Å². The first-order valence-corrected chi connectivity index (χ1v) is 9.72. The number of rotatable bonds is 5. The Balaban J connectivity index is 1.34. The van der Waals surface area contributed by atoms with Crippen LogP contribution in [-0.4, -0.2) is 81.3 Å². The molecule has 2 aliphatic heterocycles. The Labute approximate surface area is 159 Å². The van der Waals surface area contributed by atoms with Crippen molar-refractivity contribution in [3.63, 3.8) is 0 Å². The second-order valence-electron chi connectivity index (χ2n) is 7.29. The van der Waals surface area contributed by atoms with Gasteiger partial charge in [0.2, 0.25) is 5.91 Å². The minimum Gasteiger partial charge on any atom is -0.375 e. The van der Waals surface area contributed by atoms with E-state index in [9.17, 15) is 4.79 Å². The first-order chi connectivity index (χ1) is 13.3. The van der Waals surface area contributed by atoms with Gasteiger partial charge in [0.15, 0.2) is 0 Å². The van der Waals surface area contributed by atoms with Crippen LogP contribution >= 0.6 is 0 Å². The molecule has 144 valence electrons. The van der Waals surface area contributed by atoms with Crippen molar-refractivity contribution in [2.75, 3.05) is 39.3 Å². The van der Waals surface area contributed by atoms with Gasteiger partial charge in [-0.25, -0.2) is 4.68 Å². The van der Waals surface area contributed by atoms with E-state index in [-0.39, 0.29) is 12.0 Å². The summed E-state index contributed by atoms with van der Waals surface area (Å²) in [6, 6.07) is 7.79. The number of ether oxygens (including phenoxy) is 1. The molecule has 2 aromatic rings. The van der Waals surface area contributed by atoms with Gasteiger partial charge in [-0.1, -0.05) is 12.1 Å². The molecule has 1 atom stereocenters. The van der Waals surface area contributed by atoms with Crippen molar-refractivity contribution in [2.24, 2.45) is 0 Å². The summed E-state index contributed by atoms with van der Waals surface area (Å²) >= 11 is 0. The van der Waals surface area contributed by atoms with Crippen LogP contribution in [0.3, 0.4) is 0 Å². The van der Waals surface area contributed by atoms with E-state index in [1.54, 1.807) is 11.0 Å². The molecule has 0 radical (unpaired) electrons. The maximum atomic E-state index is 12.8. The normalized spacial score (nSPS) is 21.3. The predicted octanol–water partition coefficient (Wildman–Crippen LogP) is 0.918. The summed E-state index contributed by atoms with van der Waals surface area (Å²) in [5.74, 6) is 0.169. The molecule has 1 amide bonds. The minimum atomic E-state index is 0.122. The molecule has 0 aliphatic carbocycles. The molecule has 8 heteroatoms. The van der Waals surface area contributed by atoms with E-state index in [0.717, 1.165) is 50.5 Å². The summed E-state index contributed by atoms with van der Waals surface area (Å²) in [6.07, 6.45) is 5.54. The van der Waals surface area contributed by atoms with Crippen molar-refractivity contribution in [2.45, 2.75) is 31.8 Å². The van der Waals surface area contributed by atoms with Gasteiger partial charge in [-0.15, -0.1) is 5.10 Å². The smallest absolute Gasteiger partial charge is 0.227 e. The zero-order valence-electron chi connectivity index (χ0n) is 15.5. The number of tetrazole rings is 1. The number of benzene rings is 1. The quantitative estimate of drug-likeness (QED) is 0.779. The molecular formula is C19H26N6O2. The lowest BCUT2D eigenvalue weighted by atomic mass is 10.1. The number of amides is 1. The zero-order chi connectivity index (χ0) is 18.5. The summed E-state index contributed by atoms with van der Waals surface area (Å²) in [5, 5.41) is 11.2. The van der Waals surface area contributed by atoms with Crippen LogP contribution in [0.2, 0.25) is 0 Å². The summed E-state index contributed by atoms with van der Waals surface area (Å²) in [4.78, 5) is 17.3. The second-order valence-corrected chi connectivity index (χ2v) is 7.29. The number of nitrogens with zero attached hydrogens (tertiary/aromatic N) is 6. The third kappa shape index (κ3) is 4.70. The van der Waals surface area contributed by atoms with Crippen LogP contribution < -0.4 is 0 Å². The maximum Gasteiger partial charge on any atom is 0.227 e. The highest BCUT2D eigenvalue weighted by atomic mass is 16.5. The van der Waals surface area contributed by atoms with E-state index in [1.165, 1.54) is 12.8 Å². The topological polar surface area (TPSA) is 76.4 Å². The van der Waals surface area contributed by atoms with Crippen molar-refractivity contribution >= 4 is 5.91 Å². The third-order valence-electron chi connectivity index (χ3n) is 5.27. The molecule has 2 fully saturated rings. The number of likely N-dealkylation sites (tertiary alicyclic amines) is 1. The van der Waals surface area contributed by atoms with Crippen molar-refractivity contribution in [3.05, 3.63) is 36.2 Å². The van der Waals surface area contributed by atoms with Gasteiger partial charge in [0, 0.05) is 26.2 Å². The van der Waals surface area contributed by atoms with Crippen LogP contribution in [0.4, 0.5) is 0 Å². The Bertz CT molecular complexity index is 727. The molecule has 4 rings (SSSR count). The van der Waals surface area contributed by atoms with Gasteiger partial charge in [0.1, 0.15) is 6.33 Å². The van der Waals surface area contributed by atoms with E-state index < -0.39 is 0 Å². The largest absolute Gasteiger partial charge is 0.375 e. The predicted molar refractivity (Wildman–Crippen MR) is 99.5 cm³/mol. The molecule has 0 spiro atoms. The van der Waals surface area contributed by atoms with Gasteiger partial charge in [-0.2, -0.15) is 0 Å². The molecule has 0 N–H and O–H groups in total. The molecule has 2 saturated heterocycles. The summed E-state index contributed by atoms with van der Waals surface area (Å²) < 4.78 is 7.59. The van der Waals surface area contributed by atoms with Gasteiger partial charge >= 0.3 is 0 Å². The Morgan fingerprint density at radius 2 is 1.93 bits per heavy atom. The number of hydrogen-bond acceptors (Lipinski definition) is 6. The van der Waals surface area contributed by atoms with E-state index in [0.29, 0.717) is 13.0 Å². The second kappa shape index (κ2) is 8.58. The van der Waals surface area contributed by atoms with Crippen LogP contribution in [0.15, 0.2) is 30.6 Å². The van der Waals surface area contributed by atoms with Crippen LogP contribution in [0.25, 0.3) is 5.69 Å². The third-order valence-corrected chi connectivity index (χ3v) is 5.27. The van der Waals surface area contributed by atoms with Crippen LogP contribution in [0.5, 0.6) is 0 Å². The molecule has 0 bridgehead atoms. The molecule has 0 saturated carbocycles. The van der Waals surface area contributed by atoms with E-state index in [2.05, 4.69) is 20.4 Å². The fourth-order valence-corrected chi connectivity index (χ4v) is 3.82. The fourth-order valence-electron chi connectivity index (χ4n) is 3.82. The molecular weight excluding hydrogens is 344 g/mol. The molecule has 1 aromatic carbocycles. The number of carbonyl (C=O) groups excluding carboxylic acids is 1. The summed E-state index contributed by atoms with van der Waals surface area (Å²) in [7, 11) is 0. The molecule has 8 nitrogen and oxygen atoms in total. The average Bonchev–Trinajstić information content (AvgIpc) is 3.34. The lowest BCUT2D eigenvalue weighted by molar-refractivity contribution is -0.131. The molecule has 1 unspecified atom stereocenters. The van der Waals surface area contributed by atoms with Gasteiger partial charge in [0.25, 0.3) is 0 Å². The van der Waals surface area contributed by atoms with Crippen molar-refractivity contribution in [1.82, 2.24) is 30.0 Å². The molecule has 2 aliphatic rings. The number of hydrogen-bond donors (Lipinski definition) is 0. The highest BCUT2D eigenvalue weighted by Gasteiger charge is 2.25. The van der Waals surface area contributed by atoms with Gasteiger partial charge in [-0.05, 0) is 60.5 Å². The first kappa shape index (κ1) is 18.1. The van der Waals surface area contributed by atoms with E-state index in [4.69, 9.17) is 4.74 Å². The van der Waals surface area contributed by atoms with Crippen LogP contribution in [0, 0.1) is 0 Å². The SMILES string of the molecule is O=C(Cc1ccc(-n2cnnn2)cc1)N1CCCOC(CN2CCCC2)C1. The van der Waals surface area contributed by atoms with E-state index in [1.807, 2.05) is 29.2 Å². The molecule has 3 heterocycles. The lowest BCUT2D eigenvalue weighted by Crippen LogP contribution is -2.42. The standard InChI is InChI=1S/C19H26N6O2/c26-19(12-16-4-6-17(7-5-16)25-15-20-21-22-25)24-10-3-11-27-18(14-24)13-23-8-1-2-9-23/h4-7,15,18H,1-3,8-14H2. The monoisotopic (exact) mass is 370 g/mol. The number of carbonyl (C=O) groups is 1. The molecule has 1 aromatic heterocycles. The van der Waals surface area contributed by atoms with Crippen LogP contribution in [0.1, 0.15) is 24.8 Å². The fraction of sp³-hybridized carbons (Fsp3) is 0.579. The summed E-state index contributed by atoms with van der Waals surface area (Å²) in [6.45, 7) is 5.45. The van der Waals surface area contributed by atoms with Crippen molar-refractivity contribution < 1.29 is 9.53 Å². The first-order valence-electron chi connectivity index (χ1n) is 9.72. The lowest BCUT2D eigenvalue weighted by Gasteiger charge is -2.27. The van der Waals surface area contributed by atoms with Gasteiger partial charge in [-0.3, -0.25) is 4.79 Å². The maximum absolute atomic E-state index is 12.8. The van der Waals surface area contributed by atoms with Gasteiger partial charge < -0.3 is 14.5 Å². The number of aromatic nitrogens is 4. The van der Waals surface area contributed by atoms with Crippen molar-refractivity contribution in [3.8, 4) is 5.69 Å². The Morgan fingerprint density at radius 1 is 1.11 bits per heavy atom. The van der Waals surface area contributed by atoms with E-state index >= 15 is 0 Å². The highest BCUT2D eigenvalue weighted by Crippen LogP contribution is 2.14. The Kier molecular flexibility index (Phi) is 5.74. The minimum absolute atomic E-state index is 0.122. The highest BCUT2D eigenvalue weighted by molar-refractivity contribution is 5.78. The Morgan fingerprint density at radius 3 is 2.67 bits per heavy atom. The Hall–Kier alpha value is -2.32.